The molecule has 2 nitrogen and oxygen atoms in total. The van der Waals surface area contributed by atoms with Crippen molar-refractivity contribution in [1.82, 2.24) is 0 Å². The van der Waals surface area contributed by atoms with Crippen molar-refractivity contribution in [2.24, 2.45) is 0 Å². The average Bonchev–Trinajstić information content (AvgIpc) is 2.66. The highest BCUT2D eigenvalue weighted by atomic mass is 15.1. The first-order valence-electron chi connectivity index (χ1n) is 6.31. The zero-order chi connectivity index (χ0) is 11.9. The van der Waals surface area contributed by atoms with Gasteiger partial charge in [0.15, 0.2) is 0 Å². The first-order valence-corrected chi connectivity index (χ1v) is 6.31. The second-order valence-electron chi connectivity index (χ2n) is 4.46. The van der Waals surface area contributed by atoms with Gasteiger partial charge in [-0.3, -0.25) is 0 Å². The summed E-state index contributed by atoms with van der Waals surface area (Å²) in [5.74, 6) is 0. The molecule has 0 N–H and O–H groups in total. The summed E-state index contributed by atoms with van der Waals surface area (Å²) in [6, 6.07) is 10.5. The van der Waals surface area contributed by atoms with E-state index in [2.05, 4.69) is 29.2 Å². The molecule has 1 fully saturated rings. The summed E-state index contributed by atoms with van der Waals surface area (Å²) in [6.45, 7) is 2.35. The van der Waals surface area contributed by atoms with Gasteiger partial charge in [-0.2, -0.15) is 5.26 Å². The lowest BCUT2D eigenvalue weighted by atomic mass is 10.2. The van der Waals surface area contributed by atoms with E-state index in [1.807, 2.05) is 12.1 Å². The summed E-state index contributed by atoms with van der Waals surface area (Å²) in [4.78, 5) is 2.46. The number of nitriles is 1. The number of hydrogen-bond acceptors (Lipinski definition) is 2. The van der Waals surface area contributed by atoms with Crippen molar-refractivity contribution in [3.8, 4) is 6.07 Å². The molecule has 0 saturated carbocycles. The Morgan fingerprint density at radius 3 is 2.24 bits per heavy atom. The van der Waals surface area contributed by atoms with Gasteiger partial charge in [0.25, 0.3) is 0 Å². The van der Waals surface area contributed by atoms with Crippen LogP contribution in [0.3, 0.4) is 0 Å². The van der Waals surface area contributed by atoms with Crippen molar-refractivity contribution in [2.75, 3.05) is 18.0 Å². The maximum absolute atomic E-state index is 8.47. The topological polar surface area (TPSA) is 27.0 Å². The molecule has 0 bridgehead atoms. The summed E-state index contributed by atoms with van der Waals surface area (Å²) in [7, 11) is 0. The van der Waals surface area contributed by atoms with E-state index in [1.165, 1.54) is 50.5 Å². The minimum Gasteiger partial charge on any atom is -0.372 e. The Morgan fingerprint density at radius 1 is 1.00 bits per heavy atom. The predicted molar refractivity (Wildman–Crippen MR) is 71.8 cm³/mol. The van der Waals surface area contributed by atoms with Gasteiger partial charge < -0.3 is 4.90 Å². The molecular weight excluding hydrogens is 208 g/mol. The van der Waals surface area contributed by atoms with E-state index in [4.69, 9.17) is 5.26 Å². The summed E-state index contributed by atoms with van der Waals surface area (Å²) < 4.78 is 0. The molecule has 2 rings (SSSR count). The SMILES string of the molecule is N#CC=Cc1ccc(N2CCCCCC2)cc1. The molecule has 1 aromatic carbocycles. The van der Waals surface area contributed by atoms with Gasteiger partial charge >= 0.3 is 0 Å². The van der Waals surface area contributed by atoms with Crippen LogP contribution >= 0.6 is 0 Å². The van der Waals surface area contributed by atoms with Gasteiger partial charge in [0.2, 0.25) is 0 Å². The van der Waals surface area contributed by atoms with E-state index in [0.717, 1.165) is 5.56 Å². The molecule has 0 unspecified atom stereocenters. The van der Waals surface area contributed by atoms with Crippen molar-refractivity contribution >= 4 is 11.8 Å². The normalized spacial score (nSPS) is 16.8. The van der Waals surface area contributed by atoms with Gasteiger partial charge in [0.05, 0.1) is 6.07 Å². The Balaban J connectivity index is 2.06. The zero-order valence-electron chi connectivity index (χ0n) is 10.1. The molecule has 0 radical (unpaired) electrons. The molecule has 0 atom stereocenters. The highest BCUT2D eigenvalue weighted by Crippen LogP contribution is 2.20. The lowest BCUT2D eigenvalue weighted by molar-refractivity contribution is 0.726. The van der Waals surface area contributed by atoms with E-state index < -0.39 is 0 Å². The van der Waals surface area contributed by atoms with Gasteiger partial charge in [0.1, 0.15) is 0 Å². The molecule has 1 aromatic rings. The maximum atomic E-state index is 8.47. The zero-order valence-corrected chi connectivity index (χ0v) is 10.1. The van der Waals surface area contributed by atoms with Gasteiger partial charge in [-0.15, -0.1) is 0 Å². The molecule has 1 saturated heterocycles. The van der Waals surface area contributed by atoms with E-state index in [1.54, 1.807) is 0 Å². The molecule has 88 valence electrons. The first kappa shape index (κ1) is 11.7. The van der Waals surface area contributed by atoms with Crippen molar-refractivity contribution in [3.05, 3.63) is 35.9 Å². The molecule has 1 aliphatic rings. The van der Waals surface area contributed by atoms with Gasteiger partial charge in [-0.25, -0.2) is 0 Å². The van der Waals surface area contributed by atoms with Crippen LogP contribution in [0.25, 0.3) is 6.08 Å². The van der Waals surface area contributed by atoms with Crippen molar-refractivity contribution in [1.29, 1.82) is 5.26 Å². The predicted octanol–water partition coefficient (Wildman–Crippen LogP) is 3.60. The monoisotopic (exact) mass is 226 g/mol. The Hall–Kier alpha value is -1.75. The van der Waals surface area contributed by atoms with Crippen LogP contribution in [0.4, 0.5) is 5.69 Å². The second kappa shape index (κ2) is 6.10. The minimum atomic E-state index is 1.09. The third-order valence-electron chi connectivity index (χ3n) is 3.21. The van der Waals surface area contributed by atoms with Crippen molar-refractivity contribution in [3.63, 3.8) is 0 Å². The fourth-order valence-electron chi connectivity index (χ4n) is 2.26. The highest BCUT2D eigenvalue weighted by Gasteiger charge is 2.08. The molecule has 0 spiro atoms. The molecule has 17 heavy (non-hydrogen) atoms. The number of hydrogen-bond donors (Lipinski definition) is 0. The second-order valence-corrected chi connectivity index (χ2v) is 4.46. The van der Waals surface area contributed by atoms with Gasteiger partial charge in [0, 0.05) is 24.9 Å². The Labute approximate surface area is 103 Å². The first-order chi connectivity index (χ1) is 8.40. The van der Waals surface area contributed by atoms with Crippen LogP contribution in [0.1, 0.15) is 31.2 Å². The fraction of sp³-hybridized carbons (Fsp3) is 0.400. The lowest BCUT2D eigenvalue weighted by Crippen LogP contribution is -2.23. The Bertz CT molecular complexity index is 404. The number of nitrogens with zero attached hydrogens (tertiary/aromatic N) is 2. The van der Waals surface area contributed by atoms with Crippen LogP contribution in [0.15, 0.2) is 30.3 Å². The van der Waals surface area contributed by atoms with Crippen LogP contribution in [0, 0.1) is 11.3 Å². The number of rotatable bonds is 2. The van der Waals surface area contributed by atoms with Crippen LogP contribution in [-0.2, 0) is 0 Å². The van der Waals surface area contributed by atoms with E-state index in [-0.39, 0.29) is 0 Å². The van der Waals surface area contributed by atoms with Gasteiger partial charge in [-0.05, 0) is 36.6 Å². The molecule has 0 amide bonds. The summed E-state index contributed by atoms with van der Waals surface area (Å²) >= 11 is 0. The van der Waals surface area contributed by atoms with Crippen LogP contribution < -0.4 is 4.90 Å². The standard InChI is InChI=1S/C15H18N2/c16-11-5-6-14-7-9-15(10-8-14)17-12-3-1-2-4-13-17/h5-10H,1-4,12-13H2. The van der Waals surface area contributed by atoms with Crippen LogP contribution in [-0.4, -0.2) is 13.1 Å². The van der Waals surface area contributed by atoms with Crippen LogP contribution in [0.2, 0.25) is 0 Å². The summed E-state index contributed by atoms with van der Waals surface area (Å²) in [5.41, 5.74) is 2.39. The minimum absolute atomic E-state index is 1.09. The third kappa shape index (κ3) is 3.35. The molecule has 0 aromatic heterocycles. The molecule has 1 heterocycles. The van der Waals surface area contributed by atoms with Crippen molar-refractivity contribution in [2.45, 2.75) is 25.7 Å². The fourth-order valence-corrected chi connectivity index (χ4v) is 2.26. The lowest BCUT2D eigenvalue weighted by Gasteiger charge is -2.22. The summed E-state index contributed by atoms with van der Waals surface area (Å²) in [5, 5.41) is 8.47. The molecule has 1 aliphatic heterocycles. The van der Waals surface area contributed by atoms with Crippen molar-refractivity contribution < 1.29 is 0 Å². The quantitative estimate of drug-likeness (QED) is 0.720. The Kier molecular flexibility index (Phi) is 4.21. The number of benzene rings is 1. The molecular formula is C15H18N2. The maximum Gasteiger partial charge on any atom is 0.0912 e. The van der Waals surface area contributed by atoms with Crippen LogP contribution in [0.5, 0.6) is 0 Å². The highest BCUT2D eigenvalue weighted by molar-refractivity contribution is 5.57. The third-order valence-corrected chi connectivity index (χ3v) is 3.21. The molecule has 0 aliphatic carbocycles. The van der Waals surface area contributed by atoms with E-state index in [9.17, 15) is 0 Å². The smallest absolute Gasteiger partial charge is 0.0912 e. The van der Waals surface area contributed by atoms with E-state index >= 15 is 0 Å². The number of allylic oxidation sites excluding steroid dienone is 1. The number of anilines is 1. The average molecular weight is 226 g/mol. The summed E-state index contributed by atoms with van der Waals surface area (Å²) in [6.07, 6.45) is 8.68. The molecule has 2 heteroatoms. The largest absolute Gasteiger partial charge is 0.372 e. The Morgan fingerprint density at radius 2 is 1.65 bits per heavy atom. The van der Waals surface area contributed by atoms with E-state index in [0.29, 0.717) is 0 Å². The van der Waals surface area contributed by atoms with Gasteiger partial charge in [-0.1, -0.05) is 25.0 Å².